The van der Waals surface area contributed by atoms with Gasteiger partial charge in [-0.3, -0.25) is 4.79 Å². The Bertz CT molecular complexity index is 1610. The Morgan fingerprint density at radius 3 is 2.54 bits per heavy atom. The van der Waals surface area contributed by atoms with Crippen molar-refractivity contribution in [1.29, 1.82) is 0 Å². The summed E-state index contributed by atoms with van der Waals surface area (Å²) in [7, 11) is -0.726. The largest absolute Gasteiger partial charge is 0.351 e. The predicted octanol–water partition coefficient (Wildman–Crippen LogP) is 3.64. The Morgan fingerprint density at radius 1 is 1.12 bits per heavy atom. The number of carbonyl (C=O) groups excluding carboxylic acids is 1. The van der Waals surface area contributed by atoms with Crippen LogP contribution in [0, 0.1) is 11.2 Å². The Labute approximate surface area is 242 Å². The van der Waals surface area contributed by atoms with E-state index in [9.17, 15) is 13.2 Å². The number of hydrogen-bond donors (Lipinski definition) is 2. The molecule has 2 N–H and O–H groups in total. The first-order chi connectivity index (χ1) is 19.6. The van der Waals surface area contributed by atoms with Crippen molar-refractivity contribution in [1.82, 2.24) is 19.9 Å². The molecule has 3 saturated heterocycles. The third kappa shape index (κ3) is 4.87. The lowest BCUT2D eigenvalue weighted by Gasteiger charge is -2.53. The molecule has 1 aliphatic carbocycles. The molecule has 2 aromatic heterocycles. The maximum absolute atomic E-state index is 15.8. The molecule has 216 valence electrons. The molecule has 1 saturated carbocycles. The molecule has 4 aliphatic rings. The number of nitrogens with zero attached hydrogens (tertiary/aromatic N) is 5. The first-order valence-electron chi connectivity index (χ1n) is 13.9. The van der Waals surface area contributed by atoms with Gasteiger partial charge in [0.25, 0.3) is 0 Å². The summed E-state index contributed by atoms with van der Waals surface area (Å²) in [6.07, 6.45) is 5.43. The number of likely N-dealkylation sites (tertiary alicyclic amines) is 1. The Kier molecular flexibility index (Phi) is 6.32. The van der Waals surface area contributed by atoms with Crippen molar-refractivity contribution >= 4 is 43.8 Å². The van der Waals surface area contributed by atoms with Crippen LogP contribution in [0.1, 0.15) is 32.6 Å². The summed E-state index contributed by atoms with van der Waals surface area (Å²) < 4.78 is 39.2. The first-order valence-corrected chi connectivity index (χ1v) is 16.6. The van der Waals surface area contributed by atoms with Crippen LogP contribution in [0.15, 0.2) is 30.5 Å². The molecule has 2 unspecified atom stereocenters. The van der Waals surface area contributed by atoms with Crippen LogP contribution in [0.5, 0.6) is 0 Å². The number of carbonyl (C=O) groups is 1. The fourth-order valence-electron chi connectivity index (χ4n) is 7.15. The van der Waals surface area contributed by atoms with Crippen LogP contribution in [0.3, 0.4) is 0 Å². The van der Waals surface area contributed by atoms with Crippen molar-refractivity contribution in [2.75, 3.05) is 47.2 Å². The standard InChI is InChI=1S/C28H32FN7O3S2/c1-16(37)31-21-5-3-4-20(23(21)29)24-25(40-27(34-24)36-18-6-7-19(36)13-35(2)12-18)22-8-9-30-26(33-22)32-17-10-28(11-17)14-41(38,39)15-28/h3-5,8-9,17-19H,6-7,10-15H2,1-2H3,(H,31,37)(H,30,32,33). The average molecular weight is 598 g/mol. The van der Waals surface area contributed by atoms with E-state index in [0.717, 1.165) is 48.8 Å². The van der Waals surface area contributed by atoms with Crippen LogP contribution in [-0.2, 0) is 14.6 Å². The van der Waals surface area contributed by atoms with Gasteiger partial charge in [-0.15, -0.1) is 0 Å². The number of sulfone groups is 1. The molecular formula is C28H32FN7O3S2. The van der Waals surface area contributed by atoms with Gasteiger partial charge in [-0.25, -0.2) is 27.8 Å². The molecular weight excluding hydrogens is 565 g/mol. The highest BCUT2D eigenvalue weighted by Crippen LogP contribution is 2.51. The minimum atomic E-state index is -2.87. The van der Waals surface area contributed by atoms with Crippen molar-refractivity contribution in [3.63, 3.8) is 0 Å². The molecule has 3 aliphatic heterocycles. The summed E-state index contributed by atoms with van der Waals surface area (Å²) in [4.78, 5) is 31.5. The van der Waals surface area contributed by atoms with E-state index in [1.54, 1.807) is 30.5 Å². The van der Waals surface area contributed by atoms with E-state index < -0.39 is 15.7 Å². The minimum Gasteiger partial charge on any atom is -0.351 e. The van der Waals surface area contributed by atoms with Crippen molar-refractivity contribution < 1.29 is 17.6 Å². The fraction of sp³-hybridized carbons (Fsp3) is 0.500. The van der Waals surface area contributed by atoms with E-state index in [1.165, 1.54) is 18.3 Å². The monoisotopic (exact) mass is 597 g/mol. The number of anilines is 3. The Morgan fingerprint density at radius 2 is 1.85 bits per heavy atom. The summed E-state index contributed by atoms with van der Waals surface area (Å²) in [5, 5.41) is 6.80. The van der Waals surface area contributed by atoms with Gasteiger partial charge in [0.15, 0.2) is 20.8 Å². The first kappa shape index (κ1) is 26.7. The number of amides is 1. The van der Waals surface area contributed by atoms with E-state index in [1.807, 2.05) is 0 Å². The van der Waals surface area contributed by atoms with Crippen LogP contribution in [0.2, 0.25) is 0 Å². The minimum absolute atomic E-state index is 0.0911. The van der Waals surface area contributed by atoms with Gasteiger partial charge in [0.1, 0.15) is 0 Å². The highest BCUT2D eigenvalue weighted by Gasteiger charge is 2.56. The number of nitrogens with one attached hydrogen (secondary N) is 2. The molecule has 0 radical (unpaired) electrons. The van der Waals surface area contributed by atoms with E-state index in [-0.39, 0.29) is 34.6 Å². The molecule has 2 atom stereocenters. The Balaban J connectivity index is 1.23. The lowest BCUT2D eigenvalue weighted by Crippen LogP contribution is -2.60. The molecule has 5 heterocycles. The van der Waals surface area contributed by atoms with Crippen LogP contribution >= 0.6 is 11.3 Å². The molecule has 1 amide bonds. The van der Waals surface area contributed by atoms with Gasteiger partial charge >= 0.3 is 0 Å². The number of benzene rings is 1. The van der Waals surface area contributed by atoms with Crippen LogP contribution in [-0.4, -0.2) is 83.9 Å². The SMILES string of the molecule is CC(=O)Nc1cccc(-c2nc(N3C4CCC3CN(C)C4)sc2-c2ccnc(NC3CC4(C3)CS(=O)(=O)C4)n2)c1F. The number of piperazine rings is 1. The molecule has 41 heavy (non-hydrogen) atoms. The van der Waals surface area contributed by atoms with Gasteiger partial charge in [0, 0.05) is 55.3 Å². The van der Waals surface area contributed by atoms with Gasteiger partial charge in [-0.05, 0) is 50.9 Å². The maximum atomic E-state index is 15.8. The van der Waals surface area contributed by atoms with Gasteiger partial charge in [0.05, 0.1) is 33.5 Å². The second-order valence-corrected chi connectivity index (χ2v) is 15.1. The van der Waals surface area contributed by atoms with Crippen molar-refractivity contribution in [3.05, 3.63) is 36.3 Å². The smallest absolute Gasteiger partial charge is 0.223 e. The summed E-state index contributed by atoms with van der Waals surface area (Å²) in [5.41, 5.74) is 1.44. The molecule has 3 aromatic rings. The topological polar surface area (TPSA) is 120 Å². The zero-order valence-corrected chi connectivity index (χ0v) is 24.6. The number of likely N-dealkylation sites (N-methyl/N-ethyl adjacent to an activating group) is 1. The van der Waals surface area contributed by atoms with E-state index >= 15 is 4.39 Å². The van der Waals surface area contributed by atoms with Crippen LogP contribution in [0.25, 0.3) is 21.8 Å². The second-order valence-electron chi connectivity index (χ2n) is 12.1. The predicted molar refractivity (Wildman–Crippen MR) is 157 cm³/mol. The zero-order chi connectivity index (χ0) is 28.5. The molecule has 10 nitrogen and oxygen atoms in total. The number of aromatic nitrogens is 3. The molecule has 13 heteroatoms. The van der Waals surface area contributed by atoms with Crippen LogP contribution < -0.4 is 15.5 Å². The number of thiazole rings is 1. The normalized spacial score (nSPS) is 24.6. The molecule has 4 fully saturated rings. The summed E-state index contributed by atoms with van der Waals surface area (Å²) in [5.74, 6) is 0.104. The average Bonchev–Trinajstić information content (AvgIpc) is 3.42. The van der Waals surface area contributed by atoms with Crippen LogP contribution in [0.4, 0.5) is 21.2 Å². The van der Waals surface area contributed by atoms with E-state index in [2.05, 4.69) is 32.5 Å². The number of halogens is 1. The number of hydrogen-bond acceptors (Lipinski definition) is 10. The van der Waals surface area contributed by atoms with Gasteiger partial charge in [-0.2, -0.15) is 0 Å². The highest BCUT2D eigenvalue weighted by atomic mass is 32.2. The van der Waals surface area contributed by atoms with Gasteiger partial charge < -0.3 is 20.4 Å². The highest BCUT2D eigenvalue weighted by molar-refractivity contribution is 7.92. The quantitative estimate of drug-likeness (QED) is 0.439. The molecule has 2 bridgehead atoms. The summed E-state index contributed by atoms with van der Waals surface area (Å²) in [6, 6.07) is 7.56. The third-order valence-electron chi connectivity index (χ3n) is 8.70. The van der Waals surface area contributed by atoms with E-state index in [4.69, 9.17) is 9.97 Å². The van der Waals surface area contributed by atoms with Crippen molar-refractivity contribution in [3.8, 4) is 21.8 Å². The number of rotatable bonds is 6. The summed E-state index contributed by atoms with van der Waals surface area (Å²) >= 11 is 1.51. The zero-order valence-electron chi connectivity index (χ0n) is 22.9. The van der Waals surface area contributed by atoms with Crippen molar-refractivity contribution in [2.24, 2.45) is 5.41 Å². The summed E-state index contributed by atoms with van der Waals surface area (Å²) in [6.45, 7) is 3.27. The lowest BCUT2D eigenvalue weighted by molar-refractivity contribution is -0.114. The Hall–Kier alpha value is -3.16. The molecule has 7 rings (SSSR count). The molecule has 1 aromatic carbocycles. The third-order valence-corrected chi connectivity index (χ3v) is 11.9. The van der Waals surface area contributed by atoms with Crippen molar-refractivity contribution in [2.45, 2.75) is 50.7 Å². The second kappa shape index (κ2) is 9.70. The maximum Gasteiger partial charge on any atom is 0.223 e. The number of fused-ring (bicyclic) bond motifs is 2. The fourth-order valence-corrected chi connectivity index (χ4v) is 10.6. The molecule has 1 spiro atoms. The lowest BCUT2D eigenvalue weighted by atomic mass is 9.67. The van der Waals surface area contributed by atoms with E-state index in [0.29, 0.717) is 35.0 Å². The van der Waals surface area contributed by atoms with Gasteiger partial charge in [-0.1, -0.05) is 17.4 Å². The van der Waals surface area contributed by atoms with Gasteiger partial charge in [0.2, 0.25) is 11.9 Å².